The van der Waals surface area contributed by atoms with Crippen LogP contribution in [0.25, 0.3) is 16.7 Å². The third-order valence-electron chi connectivity index (χ3n) is 4.11. The van der Waals surface area contributed by atoms with Crippen molar-refractivity contribution in [3.8, 4) is 11.4 Å². The summed E-state index contributed by atoms with van der Waals surface area (Å²) in [4.78, 5) is 13.9. The van der Waals surface area contributed by atoms with Crippen molar-refractivity contribution in [2.75, 3.05) is 12.4 Å². The van der Waals surface area contributed by atoms with Gasteiger partial charge in [0.05, 0.1) is 17.3 Å². The molecule has 0 bridgehead atoms. The number of rotatable bonds is 4. The SMILES string of the molecule is COc1ccc(C(=O)Nc2ccc3nn(-c4ccc(F)cc4)nc3c2)cc1Br. The Kier molecular flexibility index (Phi) is 4.79. The second-order valence-electron chi connectivity index (χ2n) is 5.97. The highest BCUT2D eigenvalue weighted by Gasteiger charge is 2.11. The van der Waals surface area contributed by atoms with Gasteiger partial charge in [0, 0.05) is 11.3 Å². The van der Waals surface area contributed by atoms with E-state index in [-0.39, 0.29) is 11.7 Å². The van der Waals surface area contributed by atoms with Crippen LogP contribution < -0.4 is 10.1 Å². The number of carbonyl (C=O) groups excluding carboxylic acids is 1. The van der Waals surface area contributed by atoms with Crippen molar-refractivity contribution in [3.63, 3.8) is 0 Å². The Hall–Kier alpha value is -3.26. The number of hydrogen-bond donors (Lipinski definition) is 1. The third-order valence-corrected chi connectivity index (χ3v) is 4.73. The Labute approximate surface area is 168 Å². The van der Waals surface area contributed by atoms with Crippen LogP contribution in [0.5, 0.6) is 5.75 Å². The molecule has 0 fully saturated rings. The fourth-order valence-corrected chi connectivity index (χ4v) is 3.23. The highest BCUT2D eigenvalue weighted by atomic mass is 79.9. The smallest absolute Gasteiger partial charge is 0.255 e. The molecule has 6 nitrogen and oxygen atoms in total. The molecule has 4 rings (SSSR count). The number of fused-ring (bicyclic) bond motifs is 1. The molecule has 1 aromatic heterocycles. The summed E-state index contributed by atoms with van der Waals surface area (Å²) in [6.45, 7) is 0. The molecule has 28 heavy (non-hydrogen) atoms. The molecule has 0 atom stereocenters. The van der Waals surface area contributed by atoms with E-state index in [1.54, 1.807) is 55.6 Å². The van der Waals surface area contributed by atoms with Crippen LogP contribution in [0.3, 0.4) is 0 Å². The molecule has 1 amide bonds. The first-order chi connectivity index (χ1) is 13.5. The van der Waals surface area contributed by atoms with Crippen molar-refractivity contribution in [3.05, 3.63) is 76.5 Å². The van der Waals surface area contributed by atoms with Gasteiger partial charge in [-0.1, -0.05) is 0 Å². The first kappa shape index (κ1) is 18.1. The molecule has 0 aliphatic heterocycles. The molecule has 4 aromatic rings. The predicted octanol–water partition coefficient (Wildman–Crippen LogP) is 4.58. The molecular formula is C20H14BrFN4O2. The maximum atomic E-state index is 13.1. The molecule has 0 saturated carbocycles. The van der Waals surface area contributed by atoms with Gasteiger partial charge in [-0.05, 0) is 76.6 Å². The first-order valence-corrected chi connectivity index (χ1v) is 9.11. The van der Waals surface area contributed by atoms with Crippen molar-refractivity contribution >= 4 is 38.6 Å². The molecule has 8 heteroatoms. The third kappa shape index (κ3) is 3.59. The lowest BCUT2D eigenvalue weighted by Gasteiger charge is -2.07. The second kappa shape index (κ2) is 7.40. The minimum atomic E-state index is -0.323. The van der Waals surface area contributed by atoms with Crippen LogP contribution in [0.4, 0.5) is 10.1 Å². The monoisotopic (exact) mass is 440 g/mol. The number of anilines is 1. The summed E-state index contributed by atoms with van der Waals surface area (Å²) in [6, 6.07) is 16.2. The summed E-state index contributed by atoms with van der Waals surface area (Å²) in [5, 5.41) is 11.6. The molecular weight excluding hydrogens is 427 g/mol. The van der Waals surface area contributed by atoms with Crippen LogP contribution in [0.15, 0.2) is 65.1 Å². The van der Waals surface area contributed by atoms with E-state index in [2.05, 4.69) is 31.4 Å². The summed E-state index contributed by atoms with van der Waals surface area (Å²) >= 11 is 3.37. The van der Waals surface area contributed by atoms with Crippen LogP contribution in [0, 0.1) is 5.82 Å². The lowest BCUT2D eigenvalue weighted by Crippen LogP contribution is -2.11. The van der Waals surface area contributed by atoms with Gasteiger partial charge >= 0.3 is 0 Å². The van der Waals surface area contributed by atoms with Crippen LogP contribution in [-0.4, -0.2) is 28.0 Å². The number of aromatic nitrogens is 3. The minimum Gasteiger partial charge on any atom is -0.496 e. The van der Waals surface area contributed by atoms with E-state index in [0.717, 1.165) is 0 Å². The number of ether oxygens (including phenoxy) is 1. The van der Waals surface area contributed by atoms with Crippen molar-refractivity contribution < 1.29 is 13.9 Å². The largest absolute Gasteiger partial charge is 0.496 e. The zero-order valence-corrected chi connectivity index (χ0v) is 16.3. The van der Waals surface area contributed by atoms with E-state index in [1.165, 1.54) is 16.9 Å². The molecule has 1 N–H and O–H groups in total. The normalized spacial score (nSPS) is 10.8. The zero-order valence-electron chi connectivity index (χ0n) is 14.7. The predicted molar refractivity (Wildman–Crippen MR) is 107 cm³/mol. The summed E-state index contributed by atoms with van der Waals surface area (Å²) in [6.07, 6.45) is 0. The number of methoxy groups -OCH3 is 1. The van der Waals surface area contributed by atoms with Crippen molar-refractivity contribution in [1.82, 2.24) is 15.0 Å². The Morgan fingerprint density at radius 2 is 1.79 bits per heavy atom. The van der Waals surface area contributed by atoms with E-state index < -0.39 is 0 Å². The summed E-state index contributed by atoms with van der Waals surface area (Å²) in [5.41, 5.74) is 3.00. The van der Waals surface area contributed by atoms with Gasteiger partial charge in [0.15, 0.2) is 0 Å². The second-order valence-corrected chi connectivity index (χ2v) is 6.83. The van der Waals surface area contributed by atoms with Crippen molar-refractivity contribution in [1.29, 1.82) is 0 Å². The van der Waals surface area contributed by atoms with E-state index >= 15 is 0 Å². The number of halogens is 2. The van der Waals surface area contributed by atoms with Crippen LogP contribution in [-0.2, 0) is 0 Å². The fourth-order valence-electron chi connectivity index (χ4n) is 2.69. The Bertz CT molecular complexity index is 1170. The Balaban J connectivity index is 1.58. The van der Waals surface area contributed by atoms with Gasteiger partial charge in [-0.3, -0.25) is 4.79 Å². The lowest BCUT2D eigenvalue weighted by atomic mass is 10.2. The van der Waals surface area contributed by atoms with Crippen LogP contribution in [0.1, 0.15) is 10.4 Å². The van der Waals surface area contributed by atoms with Crippen molar-refractivity contribution in [2.24, 2.45) is 0 Å². The number of benzene rings is 3. The lowest BCUT2D eigenvalue weighted by molar-refractivity contribution is 0.102. The molecule has 0 aliphatic carbocycles. The molecule has 0 unspecified atom stereocenters. The van der Waals surface area contributed by atoms with Gasteiger partial charge in [0.25, 0.3) is 5.91 Å². The molecule has 0 aliphatic rings. The number of nitrogens with one attached hydrogen (secondary N) is 1. The van der Waals surface area contributed by atoms with Crippen LogP contribution in [0.2, 0.25) is 0 Å². The molecule has 1 heterocycles. The minimum absolute atomic E-state index is 0.256. The number of carbonyl (C=O) groups is 1. The topological polar surface area (TPSA) is 69.0 Å². The standard InChI is InChI=1S/C20H14BrFN4O2/c1-28-19-9-2-12(10-16(19)21)20(27)23-14-5-8-17-18(11-14)25-26(24-17)15-6-3-13(22)4-7-15/h2-11H,1H3,(H,23,27). The summed E-state index contributed by atoms with van der Waals surface area (Å²) in [5.74, 6) is 0.0691. The summed E-state index contributed by atoms with van der Waals surface area (Å²) in [7, 11) is 1.56. The highest BCUT2D eigenvalue weighted by molar-refractivity contribution is 9.10. The maximum Gasteiger partial charge on any atom is 0.255 e. The quantitative estimate of drug-likeness (QED) is 0.504. The van der Waals surface area contributed by atoms with Gasteiger partial charge in [-0.15, -0.1) is 10.2 Å². The van der Waals surface area contributed by atoms with Gasteiger partial charge in [0.1, 0.15) is 22.6 Å². The van der Waals surface area contributed by atoms with E-state index in [1.807, 2.05) is 0 Å². The van der Waals surface area contributed by atoms with Gasteiger partial charge < -0.3 is 10.1 Å². The Morgan fingerprint density at radius 1 is 1.04 bits per heavy atom. The van der Waals surface area contributed by atoms with Gasteiger partial charge in [0.2, 0.25) is 0 Å². The number of hydrogen-bond acceptors (Lipinski definition) is 4. The molecule has 0 radical (unpaired) electrons. The van der Waals surface area contributed by atoms with E-state index in [9.17, 15) is 9.18 Å². The maximum absolute atomic E-state index is 13.1. The van der Waals surface area contributed by atoms with E-state index in [0.29, 0.717) is 38.2 Å². The van der Waals surface area contributed by atoms with Crippen LogP contribution >= 0.6 is 15.9 Å². The first-order valence-electron chi connectivity index (χ1n) is 8.31. The summed E-state index contributed by atoms with van der Waals surface area (Å²) < 4.78 is 19.0. The van der Waals surface area contributed by atoms with Gasteiger partial charge in [-0.25, -0.2) is 4.39 Å². The molecule has 0 spiro atoms. The molecule has 140 valence electrons. The number of amides is 1. The van der Waals surface area contributed by atoms with Crippen molar-refractivity contribution in [2.45, 2.75) is 0 Å². The molecule has 3 aromatic carbocycles. The molecule has 0 saturated heterocycles. The average molecular weight is 441 g/mol. The van der Waals surface area contributed by atoms with Gasteiger partial charge in [-0.2, -0.15) is 4.80 Å². The zero-order chi connectivity index (χ0) is 19.7. The average Bonchev–Trinajstić information content (AvgIpc) is 3.11. The fraction of sp³-hybridized carbons (Fsp3) is 0.0500. The number of nitrogens with zero attached hydrogens (tertiary/aromatic N) is 3. The highest BCUT2D eigenvalue weighted by Crippen LogP contribution is 2.26. The van der Waals surface area contributed by atoms with E-state index in [4.69, 9.17) is 4.74 Å². The Morgan fingerprint density at radius 3 is 2.50 bits per heavy atom.